The normalized spacial score (nSPS) is 31.2. The summed E-state index contributed by atoms with van der Waals surface area (Å²) in [7, 11) is 0. The summed E-state index contributed by atoms with van der Waals surface area (Å²) in [5.74, 6) is 0.859. The van der Waals surface area contributed by atoms with E-state index in [9.17, 15) is 9.90 Å². The Bertz CT molecular complexity index is 983. The number of hydrogen-bond donors (Lipinski definition) is 2. The molecule has 0 aliphatic heterocycles. The van der Waals surface area contributed by atoms with Gasteiger partial charge in [-0.1, -0.05) is 60.2 Å². The largest absolute Gasteiger partial charge is 0.449 e. The van der Waals surface area contributed by atoms with Gasteiger partial charge in [-0.25, -0.2) is 4.79 Å². The molecule has 0 heterocycles. The first kappa shape index (κ1) is 17.3. The summed E-state index contributed by atoms with van der Waals surface area (Å²) in [4.78, 5) is 12.6. The first-order valence-corrected chi connectivity index (χ1v) is 10.6. The van der Waals surface area contributed by atoms with Crippen molar-refractivity contribution in [2.45, 2.75) is 43.2 Å². The molecule has 2 N–H and O–H groups in total. The number of nitrogens with one attached hydrogen (secondary N) is 1. The van der Waals surface area contributed by atoms with Gasteiger partial charge in [-0.15, -0.1) is 0 Å². The fourth-order valence-electron chi connectivity index (χ4n) is 6.28. The van der Waals surface area contributed by atoms with Crippen LogP contribution in [0.1, 0.15) is 42.7 Å². The van der Waals surface area contributed by atoms with Crippen LogP contribution in [-0.4, -0.2) is 29.4 Å². The Morgan fingerprint density at radius 2 is 1.76 bits per heavy atom. The number of carbonyl (C=O) groups excluding carboxylic acids is 1. The van der Waals surface area contributed by atoms with Crippen LogP contribution in [0, 0.1) is 11.8 Å². The Labute approximate surface area is 170 Å². The van der Waals surface area contributed by atoms with Crippen LogP contribution in [0.5, 0.6) is 0 Å². The highest BCUT2D eigenvalue weighted by Gasteiger charge is 2.54. The van der Waals surface area contributed by atoms with Crippen LogP contribution in [0.25, 0.3) is 11.1 Å². The lowest BCUT2D eigenvalue weighted by molar-refractivity contribution is 0.0378. The van der Waals surface area contributed by atoms with E-state index in [1.165, 1.54) is 27.8 Å². The van der Waals surface area contributed by atoms with E-state index in [-0.39, 0.29) is 18.1 Å². The van der Waals surface area contributed by atoms with Crippen LogP contribution < -0.4 is 5.32 Å². The minimum Gasteiger partial charge on any atom is -0.449 e. The molecule has 0 radical (unpaired) electrons. The van der Waals surface area contributed by atoms with Crippen LogP contribution in [0.3, 0.4) is 0 Å². The van der Waals surface area contributed by atoms with Gasteiger partial charge in [0.15, 0.2) is 0 Å². The minimum absolute atomic E-state index is 0.0791. The van der Waals surface area contributed by atoms with Crippen molar-refractivity contribution >= 4 is 6.09 Å². The SMILES string of the molecule is O=C(NC1CC2=CCC3(O)CC2C1C3)OCC1c2ccccc2-c2ccccc21. The Morgan fingerprint density at radius 3 is 2.48 bits per heavy atom. The van der Waals surface area contributed by atoms with Gasteiger partial charge >= 0.3 is 6.09 Å². The standard InChI is InChI=1S/C25H25NO3/c27-24(26-23-11-15-9-10-25(28)12-20(15)21(23)13-25)29-14-22-18-7-3-1-5-16(18)17-6-2-4-8-19(17)22/h1-9,20-23,28H,10-14H2,(H,26,27). The zero-order valence-corrected chi connectivity index (χ0v) is 16.3. The van der Waals surface area contributed by atoms with Crippen molar-refractivity contribution in [1.82, 2.24) is 5.32 Å². The highest BCUT2D eigenvalue weighted by Crippen LogP contribution is 2.56. The van der Waals surface area contributed by atoms with Gasteiger partial charge in [0.1, 0.15) is 6.61 Å². The second-order valence-electron chi connectivity index (χ2n) is 9.17. The second kappa shape index (κ2) is 6.20. The maximum Gasteiger partial charge on any atom is 0.407 e. The maximum atomic E-state index is 12.6. The molecule has 0 spiro atoms. The lowest BCUT2D eigenvalue weighted by atomic mass is 9.86. The van der Waals surface area contributed by atoms with Crippen LogP contribution >= 0.6 is 0 Å². The van der Waals surface area contributed by atoms with E-state index in [0.717, 1.165) is 25.7 Å². The first-order chi connectivity index (χ1) is 14.1. The highest BCUT2D eigenvalue weighted by molar-refractivity contribution is 5.79. The van der Waals surface area contributed by atoms with Crippen molar-refractivity contribution in [3.63, 3.8) is 0 Å². The van der Waals surface area contributed by atoms with Gasteiger partial charge < -0.3 is 15.2 Å². The van der Waals surface area contributed by atoms with Crippen LogP contribution in [0.4, 0.5) is 4.79 Å². The van der Waals surface area contributed by atoms with Crippen LogP contribution in [-0.2, 0) is 4.74 Å². The zero-order chi connectivity index (χ0) is 19.6. The number of alkyl carbamates (subject to hydrolysis) is 1. The zero-order valence-electron chi connectivity index (χ0n) is 16.3. The third-order valence-electron chi connectivity index (χ3n) is 7.57. The van der Waals surface area contributed by atoms with Crippen molar-refractivity contribution in [3.8, 4) is 11.1 Å². The number of hydrogen-bond acceptors (Lipinski definition) is 3. The summed E-state index contributed by atoms with van der Waals surface area (Å²) in [6.07, 6.45) is 5.17. The van der Waals surface area contributed by atoms with Crippen molar-refractivity contribution in [3.05, 3.63) is 71.3 Å². The van der Waals surface area contributed by atoms with E-state index in [0.29, 0.717) is 18.4 Å². The van der Waals surface area contributed by atoms with Crippen molar-refractivity contribution in [2.75, 3.05) is 6.61 Å². The molecule has 4 aliphatic carbocycles. The summed E-state index contributed by atoms with van der Waals surface area (Å²) < 4.78 is 5.72. The smallest absolute Gasteiger partial charge is 0.407 e. The molecule has 0 saturated heterocycles. The quantitative estimate of drug-likeness (QED) is 0.768. The summed E-state index contributed by atoms with van der Waals surface area (Å²) in [6, 6.07) is 16.8. The molecule has 2 aromatic rings. The molecule has 6 rings (SSSR count). The monoisotopic (exact) mass is 387 g/mol. The third kappa shape index (κ3) is 2.66. The van der Waals surface area contributed by atoms with E-state index in [2.05, 4.69) is 47.8 Å². The molecule has 2 aromatic carbocycles. The molecule has 0 aromatic heterocycles. The average molecular weight is 387 g/mol. The number of ether oxygens (including phenoxy) is 1. The van der Waals surface area contributed by atoms with Gasteiger partial charge in [-0.3, -0.25) is 0 Å². The van der Waals surface area contributed by atoms with E-state index in [4.69, 9.17) is 4.74 Å². The Kier molecular flexibility index (Phi) is 3.70. The second-order valence-corrected chi connectivity index (χ2v) is 9.17. The van der Waals surface area contributed by atoms with E-state index >= 15 is 0 Å². The average Bonchev–Trinajstić information content (AvgIpc) is 3.31. The van der Waals surface area contributed by atoms with Crippen LogP contribution in [0.2, 0.25) is 0 Å². The predicted molar refractivity (Wildman–Crippen MR) is 110 cm³/mol. The van der Waals surface area contributed by atoms with Gasteiger partial charge in [-0.2, -0.15) is 0 Å². The molecule has 2 fully saturated rings. The lowest BCUT2D eigenvalue weighted by Crippen LogP contribution is -2.39. The summed E-state index contributed by atoms with van der Waals surface area (Å²) in [5, 5.41) is 13.8. The van der Waals surface area contributed by atoms with Crippen molar-refractivity contribution in [1.29, 1.82) is 0 Å². The topological polar surface area (TPSA) is 58.6 Å². The fraction of sp³-hybridized carbons (Fsp3) is 0.400. The number of fused-ring (bicyclic) bond motifs is 4. The lowest BCUT2D eigenvalue weighted by Gasteiger charge is -2.27. The van der Waals surface area contributed by atoms with Crippen molar-refractivity contribution < 1.29 is 14.6 Å². The molecular formula is C25H25NO3. The van der Waals surface area contributed by atoms with E-state index in [1.54, 1.807) is 0 Å². The fourth-order valence-corrected chi connectivity index (χ4v) is 6.28. The van der Waals surface area contributed by atoms with Gasteiger partial charge in [0.2, 0.25) is 0 Å². The van der Waals surface area contributed by atoms with Crippen LogP contribution in [0.15, 0.2) is 60.2 Å². The Balaban J connectivity index is 1.15. The highest BCUT2D eigenvalue weighted by atomic mass is 16.5. The third-order valence-corrected chi connectivity index (χ3v) is 7.57. The van der Waals surface area contributed by atoms with E-state index < -0.39 is 5.60 Å². The summed E-state index contributed by atoms with van der Waals surface area (Å²) >= 11 is 0. The molecular weight excluding hydrogens is 362 g/mol. The van der Waals surface area contributed by atoms with Crippen molar-refractivity contribution in [2.24, 2.45) is 11.8 Å². The predicted octanol–water partition coefficient (Wildman–Crippen LogP) is 4.38. The molecule has 148 valence electrons. The molecule has 4 heteroatoms. The van der Waals surface area contributed by atoms with Gasteiger partial charge in [0.05, 0.1) is 5.60 Å². The van der Waals surface area contributed by atoms with Gasteiger partial charge in [-0.05, 0) is 59.8 Å². The maximum absolute atomic E-state index is 12.6. The molecule has 2 saturated carbocycles. The minimum atomic E-state index is -0.555. The molecule has 4 unspecified atom stereocenters. The Hall–Kier alpha value is -2.59. The Morgan fingerprint density at radius 1 is 1.07 bits per heavy atom. The number of aliphatic hydroxyl groups is 1. The molecule has 4 atom stereocenters. The molecule has 1 amide bonds. The number of amides is 1. The molecule has 2 bridgehead atoms. The number of benzene rings is 2. The van der Waals surface area contributed by atoms with Gasteiger partial charge in [0.25, 0.3) is 0 Å². The number of carbonyl (C=O) groups is 1. The number of rotatable bonds is 3. The summed E-state index contributed by atoms with van der Waals surface area (Å²) in [6.45, 7) is 0.341. The molecule has 4 nitrogen and oxygen atoms in total. The van der Waals surface area contributed by atoms with Gasteiger partial charge in [0, 0.05) is 12.0 Å². The molecule has 4 aliphatic rings. The summed E-state index contributed by atoms with van der Waals surface area (Å²) in [5.41, 5.74) is 5.78. The first-order valence-electron chi connectivity index (χ1n) is 10.6. The van der Waals surface area contributed by atoms with E-state index in [1.807, 2.05) is 12.1 Å². The molecule has 29 heavy (non-hydrogen) atoms.